The Morgan fingerprint density at radius 1 is 1.25 bits per heavy atom. The highest BCUT2D eigenvalue weighted by Crippen LogP contribution is 1.97. The molecular weight excluding hydrogens is 204 g/mol. The van der Waals surface area contributed by atoms with Gasteiger partial charge in [-0.3, -0.25) is 4.79 Å². The number of carbonyl (C=O) groups excluding carboxylic acids is 1. The van der Waals surface area contributed by atoms with Gasteiger partial charge in [-0.2, -0.15) is 0 Å². The summed E-state index contributed by atoms with van der Waals surface area (Å²) >= 11 is 0. The van der Waals surface area contributed by atoms with E-state index >= 15 is 0 Å². The summed E-state index contributed by atoms with van der Waals surface area (Å²) < 4.78 is 0. The molecule has 0 aromatic rings. The van der Waals surface area contributed by atoms with E-state index in [1.807, 2.05) is 25.7 Å². The van der Waals surface area contributed by atoms with Gasteiger partial charge in [0.15, 0.2) is 0 Å². The third-order valence-electron chi connectivity index (χ3n) is 2.73. The zero-order chi connectivity index (χ0) is 12.4. The average molecular weight is 230 g/mol. The molecule has 0 saturated heterocycles. The summed E-state index contributed by atoms with van der Waals surface area (Å²) in [6, 6.07) is -0.103. The van der Waals surface area contributed by atoms with Gasteiger partial charge in [0.25, 0.3) is 0 Å². The van der Waals surface area contributed by atoms with Crippen LogP contribution in [0.4, 0.5) is 0 Å². The molecule has 96 valence electrons. The predicted octanol–water partition coefficient (Wildman–Crippen LogP) is 0.995. The molecule has 1 amide bonds. The maximum atomic E-state index is 11.8. The van der Waals surface area contributed by atoms with Crippen LogP contribution in [0.25, 0.3) is 0 Å². The SMILES string of the molecule is CCN(CC)C(=O)C(C)NCCCCCO. The number of aliphatic hydroxyl groups is 1. The van der Waals surface area contributed by atoms with E-state index in [2.05, 4.69) is 5.32 Å². The summed E-state index contributed by atoms with van der Waals surface area (Å²) in [5.41, 5.74) is 0. The quantitative estimate of drug-likeness (QED) is 0.581. The molecule has 0 heterocycles. The fourth-order valence-corrected chi connectivity index (χ4v) is 1.63. The molecule has 0 aliphatic carbocycles. The molecule has 0 fully saturated rings. The average Bonchev–Trinajstić information content (AvgIpc) is 2.30. The second-order valence-electron chi connectivity index (χ2n) is 3.97. The third kappa shape index (κ3) is 6.08. The van der Waals surface area contributed by atoms with Gasteiger partial charge >= 0.3 is 0 Å². The summed E-state index contributed by atoms with van der Waals surface area (Å²) in [5, 5.41) is 11.8. The topological polar surface area (TPSA) is 52.6 Å². The maximum absolute atomic E-state index is 11.8. The molecule has 0 bridgehead atoms. The van der Waals surface area contributed by atoms with Crippen molar-refractivity contribution >= 4 is 5.91 Å². The molecule has 0 spiro atoms. The summed E-state index contributed by atoms with van der Waals surface area (Å²) in [6.45, 7) is 8.54. The van der Waals surface area contributed by atoms with Crippen molar-refractivity contribution in [3.8, 4) is 0 Å². The minimum absolute atomic E-state index is 0.103. The monoisotopic (exact) mass is 230 g/mol. The molecule has 1 unspecified atom stereocenters. The van der Waals surface area contributed by atoms with Gasteiger partial charge in [0, 0.05) is 19.7 Å². The fourth-order valence-electron chi connectivity index (χ4n) is 1.63. The first-order valence-electron chi connectivity index (χ1n) is 6.30. The Kier molecular flexibility index (Phi) is 9.24. The number of hydrogen-bond acceptors (Lipinski definition) is 3. The standard InChI is InChI=1S/C12H26N2O2/c1-4-14(5-2)12(16)11(3)13-9-7-6-8-10-15/h11,13,15H,4-10H2,1-3H3. The number of hydrogen-bond donors (Lipinski definition) is 2. The number of aliphatic hydroxyl groups excluding tert-OH is 1. The summed E-state index contributed by atoms with van der Waals surface area (Å²) in [6.07, 6.45) is 2.87. The molecule has 1 atom stereocenters. The Morgan fingerprint density at radius 3 is 2.38 bits per heavy atom. The van der Waals surface area contributed by atoms with Crippen LogP contribution in [0, 0.1) is 0 Å². The highest BCUT2D eigenvalue weighted by atomic mass is 16.2. The first-order chi connectivity index (χ1) is 7.67. The van der Waals surface area contributed by atoms with Crippen LogP contribution < -0.4 is 5.32 Å². The van der Waals surface area contributed by atoms with Crippen molar-refractivity contribution in [3.63, 3.8) is 0 Å². The van der Waals surface area contributed by atoms with Crippen molar-refractivity contribution in [2.24, 2.45) is 0 Å². The van der Waals surface area contributed by atoms with Gasteiger partial charge in [0.05, 0.1) is 6.04 Å². The van der Waals surface area contributed by atoms with Crippen LogP contribution in [-0.2, 0) is 4.79 Å². The van der Waals surface area contributed by atoms with Crippen LogP contribution in [0.15, 0.2) is 0 Å². The lowest BCUT2D eigenvalue weighted by molar-refractivity contribution is -0.132. The highest BCUT2D eigenvalue weighted by molar-refractivity contribution is 5.81. The van der Waals surface area contributed by atoms with Crippen LogP contribution in [0.3, 0.4) is 0 Å². The second kappa shape index (κ2) is 9.60. The summed E-state index contributed by atoms with van der Waals surface area (Å²) in [7, 11) is 0. The van der Waals surface area contributed by atoms with Crippen molar-refractivity contribution in [2.45, 2.75) is 46.1 Å². The van der Waals surface area contributed by atoms with Crippen LogP contribution in [-0.4, -0.2) is 48.2 Å². The van der Waals surface area contributed by atoms with E-state index in [0.29, 0.717) is 0 Å². The second-order valence-corrected chi connectivity index (χ2v) is 3.97. The lowest BCUT2D eigenvalue weighted by atomic mass is 10.2. The molecule has 4 nitrogen and oxygen atoms in total. The first kappa shape index (κ1) is 15.4. The largest absolute Gasteiger partial charge is 0.396 e. The predicted molar refractivity (Wildman–Crippen MR) is 66.3 cm³/mol. The molecule has 2 N–H and O–H groups in total. The molecule has 0 aliphatic heterocycles. The molecule has 0 aliphatic rings. The molecule has 16 heavy (non-hydrogen) atoms. The molecular formula is C12H26N2O2. The van der Waals surface area contributed by atoms with Crippen molar-refractivity contribution < 1.29 is 9.90 Å². The third-order valence-corrected chi connectivity index (χ3v) is 2.73. The molecule has 0 aromatic heterocycles. The van der Waals surface area contributed by atoms with Crippen molar-refractivity contribution in [2.75, 3.05) is 26.2 Å². The molecule has 0 radical (unpaired) electrons. The smallest absolute Gasteiger partial charge is 0.239 e. The lowest BCUT2D eigenvalue weighted by Crippen LogP contribution is -2.45. The molecule has 0 saturated carbocycles. The van der Waals surface area contributed by atoms with Gasteiger partial charge in [0.1, 0.15) is 0 Å². The van der Waals surface area contributed by atoms with E-state index in [4.69, 9.17) is 5.11 Å². The molecule has 0 aromatic carbocycles. The normalized spacial score (nSPS) is 12.5. The van der Waals surface area contributed by atoms with Crippen LogP contribution in [0.5, 0.6) is 0 Å². The minimum atomic E-state index is -0.103. The van der Waals surface area contributed by atoms with E-state index in [9.17, 15) is 4.79 Å². The maximum Gasteiger partial charge on any atom is 0.239 e. The number of rotatable bonds is 9. The van der Waals surface area contributed by atoms with E-state index in [0.717, 1.165) is 38.9 Å². The zero-order valence-electron chi connectivity index (χ0n) is 10.8. The van der Waals surface area contributed by atoms with Crippen molar-refractivity contribution in [3.05, 3.63) is 0 Å². The summed E-state index contributed by atoms with van der Waals surface area (Å²) in [5.74, 6) is 0.173. The Bertz CT molecular complexity index is 182. The number of unbranched alkanes of at least 4 members (excludes halogenated alkanes) is 2. The number of carbonyl (C=O) groups is 1. The van der Waals surface area contributed by atoms with Gasteiger partial charge < -0.3 is 15.3 Å². The lowest BCUT2D eigenvalue weighted by Gasteiger charge is -2.23. The number of amides is 1. The molecule has 0 rings (SSSR count). The van der Waals surface area contributed by atoms with Crippen molar-refractivity contribution in [1.82, 2.24) is 10.2 Å². The molecule has 4 heteroatoms. The Balaban J connectivity index is 3.70. The van der Waals surface area contributed by atoms with Crippen LogP contribution >= 0.6 is 0 Å². The van der Waals surface area contributed by atoms with Gasteiger partial charge in [-0.05, 0) is 46.6 Å². The van der Waals surface area contributed by atoms with E-state index < -0.39 is 0 Å². The Labute approximate surface area is 99.0 Å². The first-order valence-corrected chi connectivity index (χ1v) is 6.30. The number of nitrogens with one attached hydrogen (secondary N) is 1. The zero-order valence-corrected chi connectivity index (χ0v) is 10.8. The van der Waals surface area contributed by atoms with Crippen molar-refractivity contribution in [1.29, 1.82) is 0 Å². The summed E-state index contributed by atoms with van der Waals surface area (Å²) in [4.78, 5) is 13.7. The van der Waals surface area contributed by atoms with E-state index in [-0.39, 0.29) is 18.6 Å². The number of likely N-dealkylation sites (N-methyl/N-ethyl adjacent to an activating group) is 1. The Morgan fingerprint density at radius 2 is 1.88 bits per heavy atom. The minimum Gasteiger partial charge on any atom is -0.396 e. The Hall–Kier alpha value is -0.610. The van der Waals surface area contributed by atoms with E-state index in [1.54, 1.807) is 0 Å². The van der Waals surface area contributed by atoms with Crippen LogP contribution in [0.2, 0.25) is 0 Å². The van der Waals surface area contributed by atoms with Crippen LogP contribution in [0.1, 0.15) is 40.0 Å². The van der Waals surface area contributed by atoms with E-state index in [1.165, 1.54) is 0 Å². The number of nitrogens with zero attached hydrogens (tertiary/aromatic N) is 1. The van der Waals surface area contributed by atoms with Gasteiger partial charge in [-0.1, -0.05) is 0 Å². The fraction of sp³-hybridized carbons (Fsp3) is 0.917. The van der Waals surface area contributed by atoms with Gasteiger partial charge in [0.2, 0.25) is 5.91 Å². The van der Waals surface area contributed by atoms with Gasteiger partial charge in [-0.15, -0.1) is 0 Å². The highest BCUT2D eigenvalue weighted by Gasteiger charge is 2.16. The van der Waals surface area contributed by atoms with Gasteiger partial charge in [-0.25, -0.2) is 0 Å².